The van der Waals surface area contributed by atoms with E-state index < -0.39 is 34.5 Å². The SMILES string of the molecule is CC1(C)N([O])C(/C=C/C2N([O])C(C)(C)C(C)(C)[NH+]2[O-])[NH+]([O-])C1(C)C. The molecule has 2 N–H and O–H groups in total. The second kappa shape index (κ2) is 5.46. The molecule has 0 bridgehead atoms. The monoisotopic (exact) mass is 342 g/mol. The van der Waals surface area contributed by atoms with Crippen LogP contribution in [0.4, 0.5) is 0 Å². The number of rotatable bonds is 2. The van der Waals surface area contributed by atoms with E-state index in [4.69, 9.17) is 0 Å². The summed E-state index contributed by atoms with van der Waals surface area (Å²) in [5, 5.41) is 51.5. The van der Waals surface area contributed by atoms with Gasteiger partial charge in [-0.1, -0.05) is 10.1 Å². The first kappa shape index (κ1) is 19.7. The van der Waals surface area contributed by atoms with Crippen LogP contribution >= 0.6 is 0 Å². The molecule has 0 aromatic carbocycles. The van der Waals surface area contributed by atoms with Gasteiger partial charge in [0, 0.05) is 0 Å². The number of nitrogens with one attached hydrogen (secondary N) is 2. The zero-order valence-corrected chi connectivity index (χ0v) is 15.8. The van der Waals surface area contributed by atoms with Crippen molar-refractivity contribution in [2.45, 2.75) is 89.9 Å². The van der Waals surface area contributed by atoms with E-state index in [0.29, 0.717) is 0 Å². The number of hydrogen-bond donors (Lipinski definition) is 2. The molecule has 2 radical (unpaired) electrons. The summed E-state index contributed by atoms with van der Waals surface area (Å²) >= 11 is 0. The second-order valence-electron chi connectivity index (χ2n) is 9.02. The molecule has 2 rings (SSSR count). The molecule has 0 aromatic heterocycles. The fraction of sp³-hybridized carbons (Fsp3) is 0.875. The van der Waals surface area contributed by atoms with Gasteiger partial charge in [0.15, 0.2) is 12.3 Å². The van der Waals surface area contributed by atoms with Crippen molar-refractivity contribution in [2.75, 3.05) is 0 Å². The lowest BCUT2D eigenvalue weighted by Crippen LogP contribution is -3.18. The van der Waals surface area contributed by atoms with Gasteiger partial charge in [-0.25, -0.2) is 0 Å². The van der Waals surface area contributed by atoms with E-state index in [9.17, 15) is 20.8 Å². The Labute approximate surface area is 144 Å². The first-order valence-corrected chi connectivity index (χ1v) is 8.31. The third-order valence-electron chi connectivity index (χ3n) is 6.91. The molecule has 2 aliphatic heterocycles. The van der Waals surface area contributed by atoms with E-state index in [1.54, 1.807) is 55.4 Å². The Morgan fingerprint density at radius 2 is 0.958 bits per heavy atom. The number of nitrogens with zero attached hydrogens (tertiary/aromatic N) is 2. The molecule has 138 valence electrons. The second-order valence-corrected chi connectivity index (χ2v) is 9.02. The molecule has 2 aliphatic rings. The summed E-state index contributed by atoms with van der Waals surface area (Å²) < 4.78 is 0. The molecule has 2 saturated heterocycles. The predicted molar refractivity (Wildman–Crippen MR) is 86.7 cm³/mol. The molecule has 0 saturated carbocycles. The Bertz CT molecular complexity index is 446. The van der Waals surface area contributed by atoms with Gasteiger partial charge in [0.2, 0.25) is 0 Å². The van der Waals surface area contributed by atoms with Gasteiger partial charge in [-0.2, -0.15) is 0 Å². The molecule has 8 nitrogen and oxygen atoms in total. The van der Waals surface area contributed by atoms with Crippen LogP contribution < -0.4 is 10.1 Å². The van der Waals surface area contributed by atoms with Gasteiger partial charge >= 0.3 is 0 Å². The van der Waals surface area contributed by atoms with Crippen LogP contribution in [0.2, 0.25) is 0 Å². The molecule has 4 atom stereocenters. The molecule has 0 amide bonds. The van der Waals surface area contributed by atoms with Crippen molar-refractivity contribution >= 4 is 0 Å². The van der Waals surface area contributed by atoms with E-state index in [1.807, 2.05) is 0 Å². The minimum absolute atomic E-state index is 0.194. The smallest absolute Gasteiger partial charge is 0.189 e. The molecule has 4 unspecified atom stereocenters. The zero-order valence-electron chi connectivity index (χ0n) is 15.8. The fourth-order valence-corrected chi connectivity index (χ4v) is 3.34. The molecule has 0 aromatic rings. The summed E-state index contributed by atoms with van der Waals surface area (Å²) in [7, 11) is 0. The maximum Gasteiger partial charge on any atom is 0.189 e. The third kappa shape index (κ3) is 2.29. The average molecular weight is 342 g/mol. The fourth-order valence-electron chi connectivity index (χ4n) is 3.34. The lowest BCUT2D eigenvalue weighted by Gasteiger charge is -2.39. The van der Waals surface area contributed by atoms with Crippen molar-refractivity contribution in [1.29, 1.82) is 0 Å². The summed E-state index contributed by atoms with van der Waals surface area (Å²) in [6, 6.07) is 0. The first-order chi connectivity index (χ1) is 10.6. The summed E-state index contributed by atoms with van der Waals surface area (Å²) in [5.74, 6) is 0. The number of hydrogen-bond acceptors (Lipinski definition) is 4. The van der Waals surface area contributed by atoms with Crippen LogP contribution in [0.3, 0.4) is 0 Å². The molecule has 0 spiro atoms. The average Bonchev–Trinajstić information content (AvgIpc) is 2.65. The van der Waals surface area contributed by atoms with E-state index in [2.05, 4.69) is 0 Å². The lowest BCUT2D eigenvalue weighted by atomic mass is 9.84. The van der Waals surface area contributed by atoms with E-state index in [-0.39, 0.29) is 10.1 Å². The Balaban J connectivity index is 2.29. The zero-order chi connectivity index (χ0) is 18.9. The first-order valence-electron chi connectivity index (χ1n) is 8.31. The lowest BCUT2D eigenvalue weighted by molar-refractivity contribution is -0.916. The van der Waals surface area contributed by atoms with Crippen molar-refractivity contribution in [3.05, 3.63) is 22.6 Å². The van der Waals surface area contributed by atoms with E-state index in [1.165, 1.54) is 12.2 Å². The van der Waals surface area contributed by atoms with Crippen molar-refractivity contribution in [3.8, 4) is 0 Å². The molecule has 24 heavy (non-hydrogen) atoms. The van der Waals surface area contributed by atoms with Gasteiger partial charge < -0.3 is 20.5 Å². The minimum atomic E-state index is -0.969. The van der Waals surface area contributed by atoms with Gasteiger partial charge in [-0.3, -0.25) is 0 Å². The summed E-state index contributed by atoms with van der Waals surface area (Å²) in [6.45, 7) is 13.9. The molecule has 8 heteroatoms. The molecule has 2 fully saturated rings. The van der Waals surface area contributed by atoms with Crippen molar-refractivity contribution < 1.29 is 20.5 Å². The molecular formula is C16H30N4O4. The molecule has 0 aliphatic carbocycles. The van der Waals surface area contributed by atoms with Crippen LogP contribution in [-0.2, 0) is 10.4 Å². The Morgan fingerprint density at radius 1 is 0.708 bits per heavy atom. The van der Waals surface area contributed by atoms with Crippen LogP contribution in [0.25, 0.3) is 0 Å². The minimum Gasteiger partial charge on any atom is -0.632 e. The summed E-state index contributed by atoms with van der Waals surface area (Å²) in [5.41, 5.74) is -3.32. The quantitative estimate of drug-likeness (QED) is 0.517. The molecular weight excluding hydrogens is 312 g/mol. The van der Waals surface area contributed by atoms with Gasteiger partial charge in [0.25, 0.3) is 0 Å². The van der Waals surface area contributed by atoms with E-state index >= 15 is 0 Å². The predicted octanol–water partition coefficient (Wildman–Crippen LogP) is -0.603. The highest BCUT2D eigenvalue weighted by atomic mass is 16.6. The largest absolute Gasteiger partial charge is 0.632 e. The van der Waals surface area contributed by atoms with Crippen LogP contribution in [0, 0.1) is 10.4 Å². The molecule has 2 heterocycles. The van der Waals surface area contributed by atoms with Crippen LogP contribution in [0.1, 0.15) is 55.4 Å². The highest BCUT2D eigenvalue weighted by Gasteiger charge is 2.61. The van der Waals surface area contributed by atoms with Crippen molar-refractivity contribution in [2.24, 2.45) is 0 Å². The maximum absolute atomic E-state index is 12.6. The van der Waals surface area contributed by atoms with Crippen molar-refractivity contribution in [3.63, 3.8) is 0 Å². The maximum atomic E-state index is 12.6. The Morgan fingerprint density at radius 3 is 1.12 bits per heavy atom. The standard InChI is InChI=1S/C16H30N4O4/c1-13(2)14(3,4)18(22)11(17(13)21)9-10-12-19(23)15(5,6)16(7,8)20(12)24/h9-12,17,19H,1-8H3/b10-9+. The summed E-state index contributed by atoms with van der Waals surface area (Å²) in [4.78, 5) is 0. The third-order valence-corrected chi connectivity index (χ3v) is 6.91. The summed E-state index contributed by atoms with van der Waals surface area (Å²) in [6.07, 6.45) is 0.916. The van der Waals surface area contributed by atoms with Crippen LogP contribution in [-0.4, -0.2) is 44.6 Å². The van der Waals surface area contributed by atoms with Gasteiger partial charge in [0.1, 0.15) is 22.2 Å². The topological polar surface area (TPSA) is 101 Å². The Hall–Kier alpha value is -0.580. The van der Waals surface area contributed by atoms with Gasteiger partial charge in [-0.15, -0.1) is 10.4 Å². The highest BCUT2D eigenvalue weighted by molar-refractivity contribution is 5.08. The Kier molecular flexibility index (Phi) is 4.49. The van der Waals surface area contributed by atoms with Crippen molar-refractivity contribution in [1.82, 2.24) is 10.1 Å². The van der Waals surface area contributed by atoms with Gasteiger partial charge in [-0.05, 0) is 67.5 Å². The van der Waals surface area contributed by atoms with Gasteiger partial charge in [0.05, 0.1) is 0 Å². The highest BCUT2D eigenvalue weighted by Crippen LogP contribution is 2.33. The van der Waals surface area contributed by atoms with Crippen LogP contribution in [0.5, 0.6) is 0 Å². The number of hydroxylamine groups is 8. The van der Waals surface area contributed by atoms with E-state index in [0.717, 1.165) is 10.1 Å². The normalized spacial score (nSPS) is 41.3. The number of quaternary nitrogens is 2. The van der Waals surface area contributed by atoms with Crippen LogP contribution in [0.15, 0.2) is 12.2 Å².